The van der Waals surface area contributed by atoms with E-state index in [-0.39, 0.29) is 12.5 Å². The molecule has 86 valence electrons. The molecule has 0 radical (unpaired) electrons. The van der Waals surface area contributed by atoms with E-state index >= 15 is 0 Å². The van der Waals surface area contributed by atoms with Crippen LogP contribution in [0.15, 0.2) is 0 Å². The molecule has 0 aliphatic rings. The monoisotopic (exact) mass is 204 g/mol. The highest BCUT2D eigenvalue weighted by Crippen LogP contribution is 2.05. The Morgan fingerprint density at radius 2 is 2.00 bits per heavy atom. The van der Waals surface area contributed by atoms with E-state index in [0.717, 1.165) is 12.8 Å². The van der Waals surface area contributed by atoms with Gasteiger partial charge in [-0.25, -0.2) is 0 Å². The number of hydrogen-bond donors (Lipinski definition) is 2. The van der Waals surface area contributed by atoms with Gasteiger partial charge in [-0.3, -0.25) is 0 Å². The molecule has 0 saturated heterocycles. The lowest BCUT2D eigenvalue weighted by molar-refractivity contribution is -0.158. The first-order chi connectivity index (χ1) is 6.70. The molecule has 14 heavy (non-hydrogen) atoms. The third-order valence-corrected chi connectivity index (χ3v) is 1.93. The van der Waals surface area contributed by atoms with E-state index in [1.54, 1.807) is 0 Å². The van der Waals surface area contributed by atoms with E-state index in [1.807, 2.05) is 6.92 Å². The summed E-state index contributed by atoms with van der Waals surface area (Å²) in [4.78, 5) is 0. The molecular weight excluding hydrogens is 180 g/mol. The average Bonchev–Trinajstić information content (AvgIpc) is 2.15. The summed E-state index contributed by atoms with van der Waals surface area (Å²) in [5.41, 5.74) is 11.0. The Balaban J connectivity index is 3.35. The van der Waals surface area contributed by atoms with Crippen LogP contribution in [0.1, 0.15) is 39.5 Å². The first kappa shape index (κ1) is 13.8. The van der Waals surface area contributed by atoms with Crippen LogP contribution in [0.25, 0.3) is 0 Å². The van der Waals surface area contributed by atoms with Gasteiger partial charge in [0.2, 0.25) is 0 Å². The fourth-order valence-electron chi connectivity index (χ4n) is 1.18. The molecule has 0 aliphatic carbocycles. The summed E-state index contributed by atoms with van der Waals surface area (Å²) in [6.45, 7) is 5.04. The smallest absolute Gasteiger partial charge is 0.156 e. The molecule has 0 aliphatic heterocycles. The Kier molecular flexibility index (Phi) is 9.29. The summed E-state index contributed by atoms with van der Waals surface area (Å²) in [7, 11) is 0. The molecule has 4 N–H and O–H groups in total. The highest BCUT2D eigenvalue weighted by Gasteiger charge is 2.08. The molecule has 0 bridgehead atoms. The minimum Gasteiger partial charge on any atom is -0.352 e. The number of ether oxygens (including phenoxy) is 2. The summed E-state index contributed by atoms with van der Waals surface area (Å²) >= 11 is 0. The number of rotatable bonds is 9. The lowest BCUT2D eigenvalue weighted by Crippen LogP contribution is -2.30. The third-order valence-electron chi connectivity index (χ3n) is 1.93. The zero-order valence-corrected chi connectivity index (χ0v) is 9.37. The second-order valence-electron chi connectivity index (χ2n) is 3.40. The van der Waals surface area contributed by atoms with E-state index in [0.29, 0.717) is 13.2 Å². The molecule has 0 amide bonds. The van der Waals surface area contributed by atoms with Gasteiger partial charge in [0.1, 0.15) is 6.23 Å². The largest absolute Gasteiger partial charge is 0.352 e. The van der Waals surface area contributed by atoms with Crippen LogP contribution in [0.4, 0.5) is 0 Å². The lowest BCUT2D eigenvalue weighted by atomic mass is 10.2. The van der Waals surface area contributed by atoms with E-state index in [9.17, 15) is 0 Å². The van der Waals surface area contributed by atoms with Crippen LogP contribution in [0.5, 0.6) is 0 Å². The quantitative estimate of drug-likeness (QED) is 0.437. The van der Waals surface area contributed by atoms with Crippen molar-refractivity contribution in [1.29, 1.82) is 0 Å². The van der Waals surface area contributed by atoms with Gasteiger partial charge in [0.15, 0.2) is 6.29 Å². The van der Waals surface area contributed by atoms with Gasteiger partial charge in [-0.2, -0.15) is 0 Å². The van der Waals surface area contributed by atoms with E-state index in [1.165, 1.54) is 12.8 Å². The van der Waals surface area contributed by atoms with Crippen LogP contribution in [0.2, 0.25) is 0 Å². The molecule has 0 aromatic heterocycles. The van der Waals surface area contributed by atoms with Crippen molar-refractivity contribution < 1.29 is 9.47 Å². The average molecular weight is 204 g/mol. The van der Waals surface area contributed by atoms with Crippen LogP contribution >= 0.6 is 0 Å². The number of unbranched alkanes of at least 4 members (excludes halogenated alkanes) is 2. The van der Waals surface area contributed by atoms with Gasteiger partial charge in [0.05, 0.1) is 6.61 Å². The molecule has 0 rings (SSSR count). The van der Waals surface area contributed by atoms with Crippen molar-refractivity contribution in [2.45, 2.75) is 52.0 Å². The van der Waals surface area contributed by atoms with Gasteiger partial charge in [0, 0.05) is 6.54 Å². The molecular formula is C10H24N2O2. The van der Waals surface area contributed by atoms with Crippen LogP contribution < -0.4 is 11.5 Å². The molecule has 0 spiro atoms. The molecule has 0 saturated carbocycles. The van der Waals surface area contributed by atoms with Crippen molar-refractivity contribution in [2.75, 3.05) is 13.2 Å². The number of nitrogens with two attached hydrogens (primary N) is 2. The second-order valence-corrected chi connectivity index (χ2v) is 3.40. The molecule has 0 heterocycles. The Morgan fingerprint density at radius 3 is 2.57 bits per heavy atom. The molecule has 2 unspecified atom stereocenters. The maximum absolute atomic E-state index is 5.75. The maximum Gasteiger partial charge on any atom is 0.156 e. The normalized spacial score (nSPS) is 15.4. The van der Waals surface area contributed by atoms with E-state index < -0.39 is 0 Å². The Hall–Kier alpha value is -0.160. The molecule has 0 aromatic rings. The fourth-order valence-corrected chi connectivity index (χ4v) is 1.18. The standard InChI is InChI=1S/C10H24N2O2/c1-3-4-5-6-10(12)14-9(2)13-8-7-11/h9-10H,3-8,11-12H2,1-2H3. The van der Waals surface area contributed by atoms with Crippen molar-refractivity contribution in [3.05, 3.63) is 0 Å². The second kappa shape index (κ2) is 9.40. The fraction of sp³-hybridized carbons (Fsp3) is 1.00. The van der Waals surface area contributed by atoms with Gasteiger partial charge in [0.25, 0.3) is 0 Å². The highest BCUT2D eigenvalue weighted by atomic mass is 16.7. The SMILES string of the molecule is CCCCCC(N)OC(C)OCCN. The molecule has 0 aromatic carbocycles. The lowest BCUT2D eigenvalue weighted by Gasteiger charge is -2.18. The van der Waals surface area contributed by atoms with Crippen molar-refractivity contribution in [1.82, 2.24) is 0 Å². The molecule has 2 atom stereocenters. The van der Waals surface area contributed by atoms with Gasteiger partial charge in [-0.15, -0.1) is 0 Å². The topological polar surface area (TPSA) is 70.5 Å². The third kappa shape index (κ3) is 8.44. The van der Waals surface area contributed by atoms with Crippen molar-refractivity contribution in [3.8, 4) is 0 Å². The minimum atomic E-state index is -0.254. The number of hydrogen-bond acceptors (Lipinski definition) is 4. The predicted octanol–water partition coefficient (Wildman–Crippen LogP) is 1.19. The first-order valence-electron chi connectivity index (χ1n) is 5.43. The van der Waals surface area contributed by atoms with Crippen LogP contribution in [-0.4, -0.2) is 25.7 Å². The summed E-state index contributed by atoms with van der Waals surface area (Å²) < 4.78 is 10.6. The molecule has 0 fully saturated rings. The Morgan fingerprint density at radius 1 is 1.29 bits per heavy atom. The molecule has 4 nitrogen and oxygen atoms in total. The van der Waals surface area contributed by atoms with Gasteiger partial charge >= 0.3 is 0 Å². The van der Waals surface area contributed by atoms with Crippen LogP contribution in [-0.2, 0) is 9.47 Å². The van der Waals surface area contributed by atoms with Crippen LogP contribution in [0.3, 0.4) is 0 Å². The van der Waals surface area contributed by atoms with Gasteiger partial charge in [-0.1, -0.05) is 19.8 Å². The Bertz CT molecular complexity index is 123. The van der Waals surface area contributed by atoms with Crippen molar-refractivity contribution >= 4 is 0 Å². The zero-order chi connectivity index (χ0) is 10.8. The van der Waals surface area contributed by atoms with Crippen molar-refractivity contribution in [2.24, 2.45) is 11.5 Å². The van der Waals surface area contributed by atoms with Gasteiger partial charge < -0.3 is 20.9 Å². The van der Waals surface area contributed by atoms with Crippen LogP contribution in [0, 0.1) is 0 Å². The summed E-state index contributed by atoms with van der Waals surface area (Å²) in [5.74, 6) is 0. The molecule has 4 heteroatoms. The minimum absolute atomic E-state index is 0.214. The summed E-state index contributed by atoms with van der Waals surface area (Å²) in [6.07, 6.45) is 3.94. The van der Waals surface area contributed by atoms with E-state index in [2.05, 4.69) is 6.92 Å². The Labute approximate surface area is 86.9 Å². The van der Waals surface area contributed by atoms with Gasteiger partial charge in [-0.05, 0) is 19.8 Å². The predicted molar refractivity (Wildman–Crippen MR) is 57.7 cm³/mol. The summed E-state index contributed by atoms with van der Waals surface area (Å²) in [5, 5.41) is 0. The van der Waals surface area contributed by atoms with E-state index in [4.69, 9.17) is 20.9 Å². The van der Waals surface area contributed by atoms with Crippen molar-refractivity contribution in [3.63, 3.8) is 0 Å². The zero-order valence-electron chi connectivity index (χ0n) is 9.37. The summed E-state index contributed by atoms with van der Waals surface area (Å²) in [6, 6.07) is 0. The highest BCUT2D eigenvalue weighted by molar-refractivity contribution is 4.50. The first-order valence-corrected chi connectivity index (χ1v) is 5.43. The maximum atomic E-state index is 5.75.